The van der Waals surface area contributed by atoms with Gasteiger partial charge in [0, 0.05) is 17.4 Å². The third-order valence-corrected chi connectivity index (χ3v) is 5.45. The van der Waals surface area contributed by atoms with Crippen LogP contribution in [-0.4, -0.2) is 21.8 Å². The lowest BCUT2D eigenvalue weighted by Gasteiger charge is -2.08. The Bertz CT molecular complexity index is 1220. The van der Waals surface area contributed by atoms with E-state index in [1.807, 2.05) is 37.3 Å². The van der Waals surface area contributed by atoms with Gasteiger partial charge in [-0.25, -0.2) is 9.97 Å². The summed E-state index contributed by atoms with van der Waals surface area (Å²) in [5.41, 5.74) is 4.43. The monoisotopic (exact) mass is 402 g/mol. The summed E-state index contributed by atoms with van der Waals surface area (Å²) in [4.78, 5) is 33.0. The second-order valence-electron chi connectivity index (χ2n) is 6.64. The fraction of sp³-hybridized carbons (Fsp3) is 0.0909. The molecule has 0 aliphatic heterocycles. The summed E-state index contributed by atoms with van der Waals surface area (Å²) in [5.74, 6) is -1.15. The molecule has 2 heterocycles. The second kappa shape index (κ2) is 7.81. The van der Waals surface area contributed by atoms with Crippen LogP contribution in [0.4, 0.5) is 11.5 Å². The van der Waals surface area contributed by atoms with Crippen LogP contribution in [0.25, 0.3) is 20.8 Å². The number of fused-ring (bicyclic) bond motifs is 1. The van der Waals surface area contributed by atoms with Crippen LogP contribution in [-0.2, 0) is 9.59 Å². The van der Waals surface area contributed by atoms with Gasteiger partial charge in [-0.1, -0.05) is 12.1 Å². The largest absolute Gasteiger partial charge is 0.318 e. The Morgan fingerprint density at radius 2 is 1.69 bits per heavy atom. The van der Waals surface area contributed by atoms with E-state index in [0.29, 0.717) is 11.5 Å². The lowest BCUT2D eigenvalue weighted by Crippen LogP contribution is -2.29. The molecule has 0 unspecified atom stereocenters. The number of hydrogen-bond donors (Lipinski definition) is 2. The van der Waals surface area contributed by atoms with E-state index < -0.39 is 11.8 Å². The van der Waals surface area contributed by atoms with Crippen molar-refractivity contribution in [2.45, 2.75) is 13.8 Å². The van der Waals surface area contributed by atoms with Gasteiger partial charge in [-0.15, -0.1) is 11.3 Å². The van der Waals surface area contributed by atoms with Crippen LogP contribution in [0.15, 0.2) is 60.8 Å². The topological polar surface area (TPSA) is 84.0 Å². The van der Waals surface area contributed by atoms with Gasteiger partial charge in [-0.3, -0.25) is 9.59 Å². The molecule has 2 aromatic heterocycles. The molecule has 4 rings (SSSR count). The van der Waals surface area contributed by atoms with E-state index in [1.165, 1.54) is 5.56 Å². The number of nitrogens with one attached hydrogen (secondary N) is 2. The van der Waals surface area contributed by atoms with Crippen LogP contribution in [0.5, 0.6) is 0 Å². The van der Waals surface area contributed by atoms with Crippen molar-refractivity contribution in [1.29, 1.82) is 0 Å². The standard InChI is InChI=1S/C22H18N4O2S/c1-13-5-10-17-18(12-13)29-22(25-17)15-6-8-16(9-7-15)24-20(27)21(28)26-19-14(2)4-3-11-23-19/h3-12H,1-2H3,(H,24,27)(H,23,26,28). The first-order chi connectivity index (χ1) is 14.0. The highest BCUT2D eigenvalue weighted by Gasteiger charge is 2.15. The Morgan fingerprint density at radius 3 is 2.45 bits per heavy atom. The van der Waals surface area contributed by atoms with Gasteiger partial charge >= 0.3 is 11.8 Å². The lowest BCUT2D eigenvalue weighted by atomic mass is 10.2. The zero-order chi connectivity index (χ0) is 20.4. The van der Waals surface area contributed by atoms with Crippen LogP contribution in [0.1, 0.15) is 11.1 Å². The number of aryl methyl sites for hydroxylation is 2. The highest BCUT2D eigenvalue weighted by Crippen LogP contribution is 2.31. The molecule has 0 spiro atoms. The van der Waals surface area contributed by atoms with E-state index in [9.17, 15) is 9.59 Å². The zero-order valence-electron chi connectivity index (χ0n) is 15.9. The second-order valence-corrected chi connectivity index (χ2v) is 7.68. The maximum Gasteiger partial charge on any atom is 0.315 e. The summed E-state index contributed by atoms with van der Waals surface area (Å²) >= 11 is 1.62. The minimum absolute atomic E-state index is 0.370. The van der Waals surface area contributed by atoms with E-state index in [-0.39, 0.29) is 0 Å². The van der Waals surface area contributed by atoms with Gasteiger partial charge in [0.15, 0.2) is 0 Å². The van der Waals surface area contributed by atoms with Crippen molar-refractivity contribution in [1.82, 2.24) is 9.97 Å². The number of amides is 2. The summed E-state index contributed by atoms with van der Waals surface area (Å²) in [6.45, 7) is 3.87. The Balaban J connectivity index is 1.45. The Labute approximate surface area is 171 Å². The molecule has 2 aromatic carbocycles. The van der Waals surface area contributed by atoms with Crippen LogP contribution < -0.4 is 10.6 Å². The number of aromatic nitrogens is 2. The molecular formula is C22H18N4O2S. The predicted octanol–water partition coefficient (Wildman–Crippen LogP) is 4.55. The van der Waals surface area contributed by atoms with E-state index in [1.54, 1.807) is 35.7 Å². The van der Waals surface area contributed by atoms with Gasteiger partial charge in [0.25, 0.3) is 0 Å². The quantitative estimate of drug-likeness (QED) is 0.492. The Hall–Kier alpha value is -3.58. The molecule has 0 fully saturated rings. The van der Waals surface area contributed by atoms with E-state index >= 15 is 0 Å². The van der Waals surface area contributed by atoms with Crippen LogP contribution >= 0.6 is 11.3 Å². The molecule has 6 nitrogen and oxygen atoms in total. The third-order valence-electron chi connectivity index (χ3n) is 4.38. The fourth-order valence-electron chi connectivity index (χ4n) is 2.82. The van der Waals surface area contributed by atoms with Crippen molar-refractivity contribution in [2.24, 2.45) is 0 Å². The molecule has 0 atom stereocenters. The summed E-state index contributed by atoms with van der Waals surface area (Å²) in [5, 5.41) is 6.02. The fourth-order valence-corrected chi connectivity index (χ4v) is 3.89. The Kier molecular flexibility index (Phi) is 5.05. The van der Waals surface area contributed by atoms with Crippen LogP contribution in [0, 0.1) is 13.8 Å². The Morgan fingerprint density at radius 1 is 0.931 bits per heavy atom. The molecule has 0 saturated heterocycles. The highest BCUT2D eigenvalue weighted by molar-refractivity contribution is 7.21. The van der Waals surface area contributed by atoms with Gasteiger partial charge in [0.2, 0.25) is 0 Å². The molecule has 4 aromatic rings. The van der Waals surface area contributed by atoms with Gasteiger partial charge in [-0.2, -0.15) is 0 Å². The van der Waals surface area contributed by atoms with Crippen molar-refractivity contribution in [3.8, 4) is 10.6 Å². The van der Waals surface area contributed by atoms with Gasteiger partial charge in [-0.05, 0) is 67.4 Å². The molecule has 2 N–H and O–H groups in total. The number of benzene rings is 2. The van der Waals surface area contributed by atoms with Crippen molar-refractivity contribution < 1.29 is 9.59 Å². The molecular weight excluding hydrogens is 384 g/mol. The minimum atomic E-state index is -0.766. The summed E-state index contributed by atoms with van der Waals surface area (Å²) in [6.07, 6.45) is 1.56. The predicted molar refractivity (Wildman–Crippen MR) is 116 cm³/mol. The molecule has 29 heavy (non-hydrogen) atoms. The molecule has 144 valence electrons. The average Bonchev–Trinajstić information content (AvgIpc) is 3.13. The SMILES string of the molecule is Cc1ccc2nc(-c3ccc(NC(=O)C(=O)Nc4ncccc4C)cc3)sc2c1. The smallest absolute Gasteiger partial charge is 0.315 e. The molecule has 0 aliphatic carbocycles. The first-order valence-electron chi connectivity index (χ1n) is 9.01. The van der Waals surface area contributed by atoms with Crippen molar-refractivity contribution in [2.75, 3.05) is 10.6 Å². The lowest BCUT2D eigenvalue weighted by molar-refractivity contribution is -0.133. The molecule has 0 bridgehead atoms. The number of anilines is 2. The van der Waals surface area contributed by atoms with Gasteiger partial charge in [0.05, 0.1) is 10.2 Å². The average molecular weight is 402 g/mol. The number of hydrogen-bond acceptors (Lipinski definition) is 5. The van der Waals surface area contributed by atoms with Crippen LogP contribution in [0.3, 0.4) is 0 Å². The minimum Gasteiger partial charge on any atom is -0.318 e. The van der Waals surface area contributed by atoms with Crippen LogP contribution in [0.2, 0.25) is 0 Å². The van der Waals surface area contributed by atoms with E-state index in [0.717, 1.165) is 26.4 Å². The normalized spacial score (nSPS) is 10.7. The van der Waals surface area contributed by atoms with E-state index in [2.05, 4.69) is 33.6 Å². The number of carbonyl (C=O) groups excluding carboxylic acids is 2. The van der Waals surface area contributed by atoms with Crippen molar-refractivity contribution >= 4 is 44.9 Å². The zero-order valence-corrected chi connectivity index (χ0v) is 16.7. The van der Waals surface area contributed by atoms with Gasteiger partial charge in [0.1, 0.15) is 10.8 Å². The van der Waals surface area contributed by atoms with Gasteiger partial charge < -0.3 is 10.6 Å². The molecule has 0 radical (unpaired) electrons. The summed E-state index contributed by atoms with van der Waals surface area (Å²) in [6, 6.07) is 17.0. The maximum absolute atomic E-state index is 12.2. The summed E-state index contributed by atoms with van der Waals surface area (Å²) in [7, 11) is 0. The number of nitrogens with zero attached hydrogens (tertiary/aromatic N) is 2. The molecule has 0 aliphatic rings. The van der Waals surface area contributed by atoms with Crippen molar-refractivity contribution in [3.63, 3.8) is 0 Å². The number of rotatable bonds is 3. The molecule has 2 amide bonds. The van der Waals surface area contributed by atoms with Crippen molar-refractivity contribution in [3.05, 3.63) is 71.9 Å². The molecule has 0 saturated carbocycles. The highest BCUT2D eigenvalue weighted by atomic mass is 32.1. The number of carbonyl (C=O) groups is 2. The maximum atomic E-state index is 12.2. The first kappa shape index (κ1) is 18.8. The first-order valence-corrected chi connectivity index (χ1v) is 9.83. The molecule has 7 heteroatoms. The number of pyridine rings is 1. The van der Waals surface area contributed by atoms with E-state index in [4.69, 9.17) is 0 Å². The summed E-state index contributed by atoms with van der Waals surface area (Å²) < 4.78 is 1.14. The third kappa shape index (κ3) is 4.14. The number of thiazole rings is 1.